The topological polar surface area (TPSA) is 50.4 Å². The van der Waals surface area contributed by atoms with Gasteiger partial charge in [0.15, 0.2) is 0 Å². The van der Waals surface area contributed by atoms with Crippen molar-refractivity contribution in [3.63, 3.8) is 0 Å². The Balaban J connectivity index is 2.22. The minimum atomic E-state index is -0.498. The van der Waals surface area contributed by atoms with Crippen LogP contribution in [0, 0.1) is 11.7 Å². The summed E-state index contributed by atoms with van der Waals surface area (Å²) in [5.41, 5.74) is 0.636. The lowest BCUT2D eigenvalue weighted by atomic mass is 9.94. The van der Waals surface area contributed by atoms with E-state index in [1.807, 2.05) is 6.92 Å². The van der Waals surface area contributed by atoms with Gasteiger partial charge in [0.25, 0.3) is 0 Å². The fourth-order valence-electron chi connectivity index (χ4n) is 2.37. The van der Waals surface area contributed by atoms with Gasteiger partial charge >= 0.3 is 0 Å². The molecule has 1 heterocycles. The number of nitrogens with one attached hydrogen (secondary N) is 2. The van der Waals surface area contributed by atoms with Gasteiger partial charge in [0.2, 0.25) is 5.91 Å². The van der Waals surface area contributed by atoms with Crippen molar-refractivity contribution in [2.24, 2.45) is 5.92 Å². The zero-order valence-electron chi connectivity index (χ0n) is 12.0. The summed E-state index contributed by atoms with van der Waals surface area (Å²) in [4.78, 5) is 12.3. The van der Waals surface area contributed by atoms with Gasteiger partial charge in [-0.25, -0.2) is 4.39 Å². The molecule has 0 saturated carbocycles. The van der Waals surface area contributed by atoms with E-state index in [9.17, 15) is 9.18 Å². The lowest BCUT2D eigenvalue weighted by Gasteiger charge is -2.24. The summed E-state index contributed by atoms with van der Waals surface area (Å²) in [6.45, 7) is 4.27. The molecule has 1 amide bonds. The van der Waals surface area contributed by atoms with Crippen molar-refractivity contribution in [1.82, 2.24) is 10.6 Å². The Hall–Kier alpha value is -1.17. The molecule has 0 spiro atoms. The van der Waals surface area contributed by atoms with Gasteiger partial charge in [0.1, 0.15) is 5.82 Å². The van der Waals surface area contributed by atoms with Gasteiger partial charge in [0.05, 0.1) is 23.7 Å². The Kier molecular flexibility index (Phi) is 5.96. The number of hydrogen-bond donors (Lipinski definition) is 2. The number of hydrogen-bond acceptors (Lipinski definition) is 3. The molecule has 116 valence electrons. The average molecular weight is 315 g/mol. The number of halogens is 2. The first-order chi connectivity index (χ1) is 10.1. The van der Waals surface area contributed by atoms with Gasteiger partial charge < -0.3 is 15.4 Å². The number of rotatable bonds is 4. The summed E-state index contributed by atoms with van der Waals surface area (Å²) >= 11 is 5.71. The summed E-state index contributed by atoms with van der Waals surface area (Å²) in [7, 11) is 0. The number of amides is 1. The molecular weight excluding hydrogens is 295 g/mol. The van der Waals surface area contributed by atoms with Gasteiger partial charge in [-0.05, 0) is 24.1 Å². The minimum Gasteiger partial charge on any atom is -0.371 e. The van der Waals surface area contributed by atoms with Gasteiger partial charge in [-0.1, -0.05) is 24.6 Å². The zero-order chi connectivity index (χ0) is 15.2. The molecule has 1 aliphatic rings. The second kappa shape index (κ2) is 7.73. The number of carbonyl (C=O) groups excluding carboxylic acids is 1. The number of ether oxygens (including phenoxy) is 1. The highest BCUT2D eigenvalue weighted by molar-refractivity contribution is 6.30. The summed E-state index contributed by atoms with van der Waals surface area (Å²) < 4.78 is 19.4. The second-order valence-electron chi connectivity index (χ2n) is 5.07. The van der Waals surface area contributed by atoms with Gasteiger partial charge in [-0.15, -0.1) is 0 Å². The van der Waals surface area contributed by atoms with E-state index in [4.69, 9.17) is 16.3 Å². The van der Waals surface area contributed by atoms with E-state index in [1.165, 1.54) is 12.1 Å². The first kappa shape index (κ1) is 16.2. The van der Waals surface area contributed by atoms with E-state index in [0.29, 0.717) is 31.8 Å². The van der Waals surface area contributed by atoms with E-state index in [-0.39, 0.29) is 16.8 Å². The summed E-state index contributed by atoms with van der Waals surface area (Å²) in [6, 6.07) is 4.55. The molecule has 1 aromatic rings. The lowest BCUT2D eigenvalue weighted by molar-refractivity contribution is -0.129. The molecule has 0 aliphatic carbocycles. The van der Waals surface area contributed by atoms with Crippen molar-refractivity contribution in [3.8, 4) is 0 Å². The molecule has 1 aliphatic heterocycles. The monoisotopic (exact) mass is 314 g/mol. The highest BCUT2D eigenvalue weighted by atomic mass is 35.5. The third kappa shape index (κ3) is 4.15. The van der Waals surface area contributed by atoms with E-state index in [0.717, 1.165) is 6.42 Å². The van der Waals surface area contributed by atoms with E-state index < -0.39 is 11.9 Å². The molecule has 0 bridgehead atoms. The lowest BCUT2D eigenvalue weighted by Crippen LogP contribution is -2.39. The Labute approximate surface area is 129 Å². The van der Waals surface area contributed by atoms with Crippen LogP contribution < -0.4 is 10.6 Å². The minimum absolute atomic E-state index is 0.0671. The van der Waals surface area contributed by atoms with E-state index in [1.54, 1.807) is 6.07 Å². The standard InChI is InChI=1S/C15H20ClFN2O2/c1-2-5-19-15(20)11-9-18-6-7-21-14(11)10-3-4-12(16)13(17)8-10/h3-4,8,11,14,18H,2,5-7,9H2,1H3,(H,19,20)/t11-,14+/m1/s1. The zero-order valence-corrected chi connectivity index (χ0v) is 12.8. The summed E-state index contributed by atoms with van der Waals surface area (Å²) in [5.74, 6) is -0.964. The molecule has 6 heteroatoms. The van der Waals surface area contributed by atoms with Gasteiger partial charge in [-0.3, -0.25) is 4.79 Å². The van der Waals surface area contributed by atoms with Crippen molar-refractivity contribution in [2.75, 3.05) is 26.2 Å². The highest BCUT2D eigenvalue weighted by Gasteiger charge is 2.32. The molecule has 2 N–H and O–H groups in total. The van der Waals surface area contributed by atoms with E-state index >= 15 is 0 Å². The first-order valence-electron chi connectivity index (χ1n) is 7.18. The molecule has 1 saturated heterocycles. The summed E-state index contributed by atoms with van der Waals surface area (Å²) in [5, 5.41) is 6.12. The third-order valence-electron chi connectivity index (χ3n) is 3.46. The van der Waals surface area contributed by atoms with Gasteiger partial charge in [0, 0.05) is 19.6 Å². The molecule has 1 fully saturated rings. The highest BCUT2D eigenvalue weighted by Crippen LogP contribution is 2.29. The quantitative estimate of drug-likeness (QED) is 0.896. The maximum atomic E-state index is 13.7. The van der Waals surface area contributed by atoms with E-state index in [2.05, 4.69) is 10.6 Å². The van der Waals surface area contributed by atoms with Crippen molar-refractivity contribution >= 4 is 17.5 Å². The van der Waals surface area contributed by atoms with Crippen molar-refractivity contribution < 1.29 is 13.9 Å². The largest absolute Gasteiger partial charge is 0.371 e. The molecule has 2 atom stereocenters. The van der Waals surface area contributed by atoms with Crippen LogP contribution in [0.3, 0.4) is 0 Å². The Morgan fingerprint density at radius 2 is 2.38 bits per heavy atom. The van der Waals surface area contributed by atoms with Crippen LogP contribution in [-0.2, 0) is 9.53 Å². The molecular formula is C15H20ClFN2O2. The molecule has 1 aromatic carbocycles. The predicted molar refractivity (Wildman–Crippen MR) is 79.8 cm³/mol. The van der Waals surface area contributed by atoms with Crippen LogP contribution in [0.15, 0.2) is 18.2 Å². The van der Waals surface area contributed by atoms with Crippen molar-refractivity contribution in [1.29, 1.82) is 0 Å². The Bertz CT molecular complexity index is 499. The smallest absolute Gasteiger partial charge is 0.227 e. The van der Waals surface area contributed by atoms with Crippen LogP contribution >= 0.6 is 11.6 Å². The second-order valence-corrected chi connectivity index (χ2v) is 5.47. The van der Waals surface area contributed by atoms with Crippen LogP contribution in [0.5, 0.6) is 0 Å². The fourth-order valence-corrected chi connectivity index (χ4v) is 2.48. The molecule has 4 nitrogen and oxygen atoms in total. The van der Waals surface area contributed by atoms with Crippen molar-refractivity contribution in [3.05, 3.63) is 34.6 Å². The molecule has 0 aromatic heterocycles. The van der Waals surface area contributed by atoms with Crippen LogP contribution in [0.1, 0.15) is 25.0 Å². The fraction of sp³-hybridized carbons (Fsp3) is 0.533. The molecule has 0 radical (unpaired) electrons. The number of carbonyl (C=O) groups is 1. The number of benzene rings is 1. The van der Waals surface area contributed by atoms with Gasteiger partial charge in [-0.2, -0.15) is 0 Å². The van der Waals surface area contributed by atoms with Crippen molar-refractivity contribution in [2.45, 2.75) is 19.4 Å². The normalized spacial score (nSPS) is 22.6. The maximum absolute atomic E-state index is 13.7. The van der Waals surface area contributed by atoms with Crippen LogP contribution in [0.25, 0.3) is 0 Å². The maximum Gasteiger partial charge on any atom is 0.227 e. The molecule has 2 rings (SSSR count). The average Bonchev–Trinajstić information content (AvgIpc) is 2.73. The molecule has 0 unspecified atom stereocenters. The summed E-state index contributed by atoms with van der Waals surface area (Å²) in [6.07, 6.45) is 0.399. The predicted octanol–water partition coefficient (Wildman–Crippen LogP) is 2.28. The Morgan fingerprint density at radius 3 is 3.10 bits per heavy atom. The third-order valence-corrected chi connectivity index (χ3v) is 3.77. The first-order valence-corrected chi connectivity index (χ1v) is 7.56. The SMILES string of the molecule is CCCNC(=O)[C@@H]1CNCCO[C@H]1c1ccc(Cl)c(F)c1. The Morgan fingerprint density at radius 1 is 1.57 bits per heavy atom. The van der Waals surface area contributed by atoms with Crippen LogP contribution in [-0.4, -0.2) is 32.1 Å². The van der Waals surface area contributed by atoms with Crippen LogP contribution in [0.2, 0.25) is 5.02 Å². The van der Waals surface area contributed by atoms with Crippen LogP contribution in [0.4, 0.5) is 4.39 Å². The molecule has 21 heavy (non-hydrogen) atoms.